The van der Waals surface area contributed by atoms with Crippen molar-refractivity contribution in [2.75, 3.05) is 39.3 Å². The average Bonchev–Trinajstić information content (AvgIpc) is 2.38. The van der Waals surface area contributed by atoms with Crippen LogP contribution >= 0.6 is 0 Å². The number of nitrogens with zero attached hydrogens (tertiary/aromatic N) is 1. The summed E-state index contributed by atoms with van der Waals surface area (Å²) in [6.45, 7) is 7.16. The fourth-order valence-corrected chi connectivity index (χ4v) is 2.39. The van der Waals surface area contributed by atoms with Gasteiger partial charge in [-0.3, -0.25) is 9.69 Å². The molecule has 1 heterocycles. The molecule has 18 heavy (non-hydrogen) atoms. The molecule has 1 fully saturated rings. The molecule has 0 unspecified atom stereocenters. The van der Waals surface area contributed by atoms with Crippen LogP contribution in [0.5, 0.6) is 0 Å². The van der Waals surface area contributed by atoms with Gasteiger partial charge in [-0.15, -0.1) is 6.42 Å². The van der Waals surface area contributed by atoms with Crippen molar-refractivity contribution in [3.05, 3.63) is 0 Å². The fourth-order valence-electron chi connectivity index (χ4n) is 2.39. The second-order valence-electron chi connectivity index (χ2n) is 4.91. The van der Waals surface area contributed by atoms with Gasteiger partial charge in [0, 0.05) is 6.54 Å². The monoisotopic (exact) mass is 251 g/mol. The summed E-state index contributed by atoms with van der Waals surface area (Å²) in [5.74, 6) is 3.18. The first-order chi connectivity index (χ1) is 8.76. The van der Waals surface area contributed by atoms with Gasteiger partial charge >= 0.3 is 0 Å². The number of hydrogen-bond acceptors (Lipinski definition) is 3. The molecular weight excluding hydrogens is 226 g/mol. The SMILES string of the molecule is C#CCNC(=O)CN(CCC)CC1CCNCC1. The Hall–Kier alpha value is -1.05. The number of carbonyl (C=O) groups is 1. The highest BCUT2D eigenvalue weighted by molar-refractivity contribution is 5.78. The van der Waals surface area contributed by atoms with Crippen LogP contribution < -0.4 is 10.6 Å². The third-order valence-electron chi connectivity index (χ3n) is 3.27. The van der Waals surface area contributed by atoms with Crippen molar-refractivity contribution < 1.29 is 4.79 Å². The van der Waals surface area contributed by atoms with Gasteiger partial charge in [0.2, 0.25) is 5.91 Å². The first kappa shape index (κ1) is 15.0. The molecule has 1 aliphatic heterocycles. The molecule has 1 rings (SSSR count). The number of nitrogens with one attached hydrogen (secondary N) is 2. The average molecular weight is 251 g/mol. The van der Waals surface area contributed by atoms with Gasteiger partial charge in [0.25, 0.3) is 0 Å². The molecule has 0 aromatic carbocycles. The molecule has 1 amide bonds. The highest BCUT2D eigenvalue weighted by atomic mass is 16.2. The third-order valence-corrected chi connectivity index (χ3v) is 3.27. The smallest absolute Gasteiger partial charge is 0.234 e. The molecule has 102 valence electrons. The Kier molecular flexibility index (Phi) is 7.47. The summed E-state index contributed by atoms with van der Waals surface area (Å²) < 4.78 is 0. The zero-order chi connectivity index (χ0) is 13.2. The maximum Gasteiger partial charge on any atom is 0.234 e. The summed E-state index contributed by atoms with van der Waals surface area (Å²) in [6, 6.07) is 0. The van der Waals surface area contributed by atoms with Crippen LogP contribution in [0.3, 0.4) is 0 Å². The van der Waals surface area contributed by atoms with E-state index in [1.165, 1.54) is 12.8 Å². The molecule has 4 nitrogen and oxygen atoms in total. The van der Waals surface area contributed by atoms with Crippen LogP contribution in [0, 0.1) is 18.3 Å². The second kappa shape index (κ2) is 8.96. The Morgan fingerprint density at radius 2 is 2.22 bits per heavy atom. The largest absolute Gasteiger partial charge is 0.344 e. The lowest BCUT2D eigenvalue weighted by atomic mass is 9.97. The molecule has 0 aromatic heterocycles. The number of terminal acetylenes is 1. The van der Waals surface area contributed by atoms with Crippen LogP contribution in [0.1, 0.15) is 26.2 Å². The predicted octanol–water partition coefficient (Wildman–Crippen LogP) is 0.447. The van der Waals surface area contributed by atoms with Gasteiger partial charge < -0.3 is 10.6 Å². The van der Waals surface area contributed by atoms with Gasteiger partial charge in [-0.1, -0.05) is 12.8 Å². The normalized spacial score (nSPS) is 16.5. The molecule has 4 heteroatoms. The molecule has 0 atom stereocenters. The Balaban J connectivity index is 2.33. The molecule has 0 saturated carbocycles. The summed E-state index contributed by atoms with van der Waals surface area (Å²) in [5, 5.41) is 6.10. The van der Waals surface area contributed by atoms with E-state index in [0.29, 0.717) is 13.1 Å². The Morgan fingerprint density at radius 1 is 1.50 bits per heavy atom. The summed E-state index contributed by atoms with van der Waals surface area (Å²) in [4.78, 5) is 13.9. The first-order valence-electron chi connectivity index (χ1n) is 6.89. The highest BCUT2D eigenvalue weighted by Crippen LogP contribution is 2.13. The maximum atomic E-state index is 11.7. The summed E-state index contributed by atoms with van der Waals surface area (Å²) >= 11 is 0. The second-order valence-corrected chi connectivity index (χ2v) is 4.91. The van der Waals surface area contributed by atoms with Gasteiger partial charge in [-0.2, -0.15) is 0 Å². The van der Waals surface area contributed by atoms with Crippen molar-refractivity contribution in [1.82, 2.24) is 15.5 Å². The minimum atomic E-state index is 0.0373. The lowest BCUT2D eigenvalue weighted by Gasteiger charge is -2.29. The third kappa shape index (κ3) is 6.04. The Bertz CT molecular complexity index is 279. The molecule has 0 bridgehead atoms. The number of carbonyl (C=O) groups excluding carboxylic acids is 1. The molecule has 0 radical (unpaired) electrons. The molecule has 0 aromatic rings. The van der Waals surface area contributed by atoms with E-state index in [9.17, 15) is 4.79 Å². The Morgan fingerprint density at radius 3 is 2.83 bits per heavy atom. The summed E-state index contributed by atoms with van der Waals surface area (Å²) in [5.41, 5.74) is 0. The molecule has 1 aliphatic rings. The molecule has 0 spiro atoms. The summed E-state index contributed by atoms with van der Waals surface area (Å²) in [7, 11) is 0. The van der Waals surface area contributed by atoms with Crippen molar-refractivity contribution in [2.45, 2.75) is 26.2 Å². The highest BCUT2D eigenvalue weighted by Gasteiger charge is 2.18. The number of amides is 1. The van der Waals surface area contributed by atoms with E-state index in [1.54, 1.807) is 0 Å². The topological polar surface area (TPSA) is 44.4 Å². The van der Waals surface area contributed by atoms with Crippen LogP contribution in [0.2, 0.25) is 0 Å². The van der Waals surface area contributed by atoms with Crippen molar-refractivity contribution in [1.29, 1.82) is 0 Å². The van der Waals surface area contributed by atoms with Crippen LogP contribution in [-0.2, 0) is 4.79 Å². The van der Waals surface area contributed by atoms with Gasteiger partial charge in [0.1, 0.15) is 0 Å². The van der Waals surface area contributed by atoms with E-state index < -0.39 is 0 Å². The van der Waals surface area contributed by atoms with E-state index in [1.807, 2.05) is 0 Å². The van der Waals surface area contributed by atoms with Crippen molar-refractivity contribution in [3.8, 4) is 12.3 Å². The number of piperidine rings is 1. The molecule has 0 aliphatic carbocycles. The maximum absolute atomic E-state index is 11.7. The van der Waals surface area contributed by atoms with Crippen LogP contribution in [0.15, 0.2) is 0 Å². The lowest BCUT2D eigenvalue weighted by molar-refractivity contribution is -0.122. The van der Waals surface area contributed by atoms with E-state index in [0.717, 1.165) is 38.5 Å². The van der Waals surface area contributed by atoms with Crippen LogP contribution in [0.25, 0.3) is 0 Å². The van der Waals surface area contributed by atoms with Gasteiger partial charge in [-0.25, -0.2) is 0 Å². The molecule has 1 saturated heterocycles. The number of rotatable bonds is 7. The van der Waals surface area contributed by atoms with E-state index >= 15 is 0 Å². The van der Waals surface area contributed by atoms with Crippen LogP contribution in [0.4, 0.5) is 0 Å². The van der Waals surface area contributed by atoms with Gasteiger partial charge in [0.15, 0.2) is 0 Å². The van der Waals surface area contributed by atoms with Crippen LogP contribution in [-0.4, -0.2) is 50.1 Å². The minimum Gasteiger partial charge on any atom is -0.344 e. The fraction of sp³-hybridized carbons (Fsp3) is 0.786. The van der Waals surface area contributed by atoms with Crippen molar-refractivity contribution in [2.24, 2.45) is 5.92 Å². The minimum absolute atomic E-state index is 0.0373. The zero-order valence-corrected chi connectivity index (χ0v) is 11.4. The predicted molar refractivity (Wildman–Crippen MR) is 74.2 cm³/mol. The number of hydrogen-bond donors (Lipinski definition) is 2. The lowest BCUT2D eigenvalue weighted by Crippen LogP contribution is -2.42. The summed E-state index contributed by atoms with van der Waals surface area (Å²) in [6.07, 6.45) is 8.64. The van der Waals surface area contributed by atoms with Crippen molar-refractivity contribution >= 4 is 5.91 Å². The zero-order valence-electron chi connectivity index (χ0n) is 11.4. The van der Waals surface area contributed by atoms with Gasteiger partial charge in [-0.05, 0) is 44.8 Å². The van der Waals surface area contributed by atoms with Crippen molar-refractivity contribution in [3.63, 3.8) is 0 Å². The first-order valence-corrected chi connectivity index (χ1v) is 6.89. The Labute approximate surface area is 110 Å². The van der Waals surface area contributed by atoms with Gasteiger partial charge in [0.05, 0.1) is 13.1 Å². The standard InChI is InChI=1S/C14H25N3O/c1-3-7-16-14(18)12-17(10-4-2)11-13-5-8-15-9-6-13/h1,13,15H,4-12H2,2H3,(H,16,18). The van der Waals surface area contributed by atoms with E-state index in [-0.39, 0.29) is 5.91 Å². The van der Waals surface area contributed by atoms with E-state index in [4.69, 9.17) is 6.42 Å². The molecular formula is C14H25N3O. The quantitative estimate of drug-likeness (QED) is 0.646. The molecule has 2 N–H and O–H groups in total. The van der Waals surface area contributed by atoms with E-state index in [2.05, 4.69) is 28.4 Å².